The maximum Gasteiger partial charge on any atom is 0.349 e. The largest absolute Gasteiger partial charge is 0.494 e. The molecule has 2 aromatic carbocycles. The van der Waals surface area contributed by atoms with E-state index in [1.807, 2.05) is 0 Å². The number of halogens is 1. The van der Waals surface area contributed by atoms with Crippen molar-refractivity contribution >= 4 is 34.4 Å². The zero-order valence-electron chi connectivity index (χ0n) is 16.8. The average molecular weight is 444 g/mol. The second kappa shape index (κ2) is 11.2. The molecule has 31 heavy (non-hydrogen) atoms. The Hall–Kier alpha value is -3.32. The van der Waals surface area contributed by atoms with E-state index >= 15 is 0 Å². The Morgan fingerprint density at radius 2 is 1.77 bits per heavy atom. The van der Waals surface area contributed by atoms with Gasteiger partial charge in [0, 0.05) is 23.4 Å². The van der Waals surface area contributed by atoms with Crippen LogP contribution in [0.1, 0.15) is 29.6 Å². The van der Waals surface area contributed by atoms with Crippen molar-refractivity contribution < 1.29 is 23.5 Å². The van der Waals surface area contributed by atoms with Gasteiger partial charge in [-0.25, -0.2) is 4.79 Å². The van der Waals surface area contributed by atoms with Gasteiger partial charge in [0.1, 0.15) is 16.9 Å². The topological polar surface area (TPSA) is 94.8 Å². The Morgan fingerprint density at radius 1 is 1.00 bits per heavy atom. The number of rotatable bonds is 10. The quantitative estimate of drug-likeness (QED) is 0.289. The van der Waals surface area contributed by atoms with Crippen molar-refractivity contribution in [2.45, 2.75) is 19.3 Å². The van der Waals surface area contributed by atoms with Gasteiger partial charge in [0.25, 0.3) is 5.91 Å². The minimum absolute atomic E-state index is 0.0589. The first-order valence-corrected chi connectivity index (χ1v) is 10.3. The van der Waals surface area contributed by atoms with Crippen molar-refractivity contribution in [1.29, 1.82) is 0 Å². The van der Waals surface area contributed by atoms with E-state index in [9.17, 15) is 14.4 Å². The summed E-state index contributed by atoms with van der Waals surface area (Å²) in [6.45, 7) is 0.822. The van der Waals surface area contributed by atoms with Gasteiger partial charge in [0.15, 0.2) is 0 Å². The molecule has 0 aliphatic carbocycles. The highest BCUT2D eigenvalue weighted by molar-refractivity contribution is 6.30. The summed E-state index contributed by atoms with van der Waals surface area (Å²) in [5.74, 6) is -0.166. The molecule has 0 unspecified atom stereocenters. The number of amides is 1. The fourth-order valence-electron chi connectivity index (χ4n) is 2.79. The predicted octanol–water partition coefficient (Wildman–Crippen LogP) is 3.97. The van der Waals surface area contributed by atoms with E-state index < -0.39 is 11.5 Å². The number of para-hydroxylation sites is 1. The van der Waals surface area contributed by atoms with Gasteiger partial charge in [0.2, 0.25) is 0 Å². The van der Waals surface area contributed by atoms with Gasteiger partial charge in [-0.05, 0) is 49.2 Å². The molecule has 3 aromatic rings. The summed E-state index contributed by atoms with van der Waals surface area (Å²) in [5, 5.41) is 3.93. The minimum atomic E-state index is -0.691. The first-order chi connectivity index (χ1) is 15.0. The zero-order valence-corrected chi connectivity index (χ0v) is 17.5. The standard InChI is InChI=1S/C23H22ClNO6/c24-17-8-10-18(11-9-17)29-13-3-7-21(26)30-14-4-12-25-22(27)19-15-16-5-1-2-6-20(16)31-23(19)28/h1-2,5-6,8-11,15H,3-4,7,12-14H2,(H,25,27). The first-order valence-electron chi connectivity index (χ1n) is 9.88. The third kappa shape index (κ3) is 6.86. The van der Waals surface area contributed by atoms with Crippen LogP contribution in [0.25, 0.3) is 11.0 Å². The van der Waals surface area contributed by atoms with Crippen LogP contribution in [0.2, 0.25) is 5.02 Å². The maximum absolute atomic E-state index is 12.2. The first kappa shape index (κ1) is 22.4. The molecule has 1 aromatic heterocycles. The molecule has 0 aliphatic heterocycles. The SMILES string of the molecule is O=C(CCCOc1ccc(Cl)cc1)OCCCNC(=O)c1cc2ccccc2oc1=O. The summed E-state index contributed by atoms with van der Waals surface area (Å²) in [6, 6.07) is 15.5. The Balaban J connectivity index is 1.30. The number of nitrogens with one attached hydrogen (secondary N) is 1. The smallest absolute Gasteiger partial charge is 0.349 e. The van der Waals surface area contributed by atoms with Crippen molar-refractivity contribution in [2.24, 2.45) is 0 Å². The fourth-order valence-corrected chi connectivity index (χ4v) is 2.91. The minimum Gasteiger partial charge on any atom is -0.494 e. The van der Waals surface area contributed by atoms with Gasteiger partial charge < -0.3 is 19.2 Å². The molecule has 1 N–H and O–H groups in total. The molecule has 162 valence electrons. The Morgan fingerprint density at radius 3 is 2.58 bits per heavy atom. The lowest BCUT2D eigenvalue weighted by Crippen LogP contribution is -2.29. The highest BCUT2D eigenvalue weighted by Gasteiger charge is 2.13. The number of carbonyl (C=O) groups is 2. The lowest BCUT2D eigenvalue weighted by atomic mass is 10.2. The molecule has 0 radical (unpaired) electrons. The molecule has 0 aliphatic rings. The average Bonchev–Trinajstić information content (AvgIpc) is 2.77. The summed E-state index contributed by atoms with van der Waals surface area (Å²) in [4.78, 5) is 35.9. The van der Waals surface area contributed by atoms with Crippen LogP contribution in [0.5, 0.6) is 5.75 Å². The molecule has 0 spiro atoms. The number of benzene rings is 2. The van der Waals surface area contributed by atoms with Crippen LogP contribution in [0.15, 0.2) is 63.8 Å². The van der Waals surface area contributed by atoms with Crippen LogP contribution in [0.4, 0.5) is 0 Å². The van der Waals surface area contributed by atoms with Crippen LogP contribution in [-0.4, -0.2) is 31.6 Å². The van der Waals surface area contributed by atoms with Crippen molar-refractivity contribution in [3.05, 3.63) is 75.6 Å². The molecule has 0 fully saturated rings. The summed E-state index contributed by atoms with van der Waals surface area (Å²) in [5.41, 5.74) is -0.325. The van der Waals surface area contributed by atoms with Crippen LogP contribution in [0, 0.1) is 0 Å². The molecule has 7 nitrogen and oxygen atoms in total. The van der Waals surface area contributed by atoms with Gasteiger partial charge >= 0.3 is 11.6 Å². The molecular formula is C23H22ClNO6. The van der Waals surface area contributed by atoms with E-state index in [2.05, 4.69) is 5.32 Å². The monoisotopic (exact) mass is 443 g/mol. The molecule has 0 saturated carbocycles. The highest BCUT2D eigenvalue weighted by atomic mass is 35.5. The Labute approximate surface area is 183 Å². The summed E-state index contributed by atoms with van der Waals surface area (Å²) in [6.07, 6.45) is 1.19. The Bertz CT molecular complexity index is 1090. The van der Waals surface area contributed by atoms with E-state index in [1.165, 1.54) is 6.07 Å². The van der Waals surface area contributed by atoms with E-state index in [-0.39, 0.29) is 31.1 Å². The van der Waals surface area contributed by atoms with Gasteiger partial charge in [-0.1, -0.05) is 29.8 Å². The maximum atomic E-state index is 12.2. The number of ether oxygens (including phenoxy) is 2. The third-order valence-electron chi connectivity index (χ3n) is 4.36. The van der Waals surface area contributed by atoms with Crippen LogP contribution in [0.3, 0.4) is 0 Å². The number of carbonyl (C=O) groups excluding carboxylic acids is 2. The molecule has 0 atom stereocenters. The molecule has 1 heterocycles. The molecule has 3 rings (SSSR count). The fraction of sp³-hybridized carbons (Fsp3) is 0.261. The van der Waals surface area contributed by atoms with Gasteiger partial charge in [-0.3, -0.25) is 9.59 Å². The third-order valence-corrected chi connectivity index (χ3v) is 4.62. The second-order valence-corrected chi connectivity index (χ2v) is 7.16. The molecule has 8 heteroatoms. The van der Waals surface area contributed by atoms with Crippen molar-refractivity contribution in [1.82, 2.24) is 5.32 Å². The van der Waals surface area contributed by atoms with E-state index in [1.54, 1.807) is 48.5 Å². The van der Waals surface area contributed by atoms with Gasteiger partial charge in [0.05, 0.1) is 13.2 Å². The zero-order chi connectivity index (χ0) is 22.1. The lowest BCUT2D eigenvalue weighted by Gasteiger charge is -2.08. The van der Waals surface area contributed by atoms with Crippen LogP contribution in [-0.2, 0) is 9.53 Å². The van der Waals surface area contributed by atoms with Crippen LogP contribution < -0.4 is 15.7 Å². The lowest BCUT2D eigenvalue weighted by molar-refractivity contribution is -0.143. The molecule has 0 saturated heterocycles. The molecule has 0 bridgehead atoms. The van der Waals surface area contributed by atoms with Crippen molar-refractivity contribution in [3.63, 3.8) is 0 Å². The normalized spacial score (nSPS) is 10.6. The predicted molar refractivity (Wildman–Crippen MR) is 117 cm³/mol. The van der Waals surface area contributed by atoms with E-state index in [4.69, 9.17) is 25.5 Å². The molecule has 1 amide bonds. The Kier molecular flexibility index (Phi) is 8.06. The number of fused-ring (bicyclic) bond motifs is 1. The summed E-state index contributed by atoms with van der Waals surface area (Å²) < 4.78 is 15.8. The molecular weight excluding hydrogens is 422 g/mol. The van der Waals surface area contributed by atoms with E-state index in [0.29, 0.717) is 41.2 Å². The number of esters is 1. The van der Waals surface area contributed by atoms with Gasteiger partial charge in [-0.2, -0.15) is 0 Å². The summed E-state index contributed by atoms with van der Waals surface area (Å²) in [7, 11) is 0. The van der Waals surface area contributed by atoms with Crippen molar-refractivity contribution in [3.8, 4) is 5.75 Å². The second-order valence-electron chi connectivity index (χ2n) is 6.72. The number of hydrogen-bond acceptors (Lipinski definition) is 6. The van der Waals surface area contributed by atoms with Crippen molar-refractivity contribution in [2.75, 3.05) is 19.8 Å². The van der Waals surface area contributed by atoms with Crippen LogP contribution >= 0.6 is 11.6 Å². The summed E-state index contributed by atoms with van der Waals surface area (Å²) >= 11 is 5.80. The van der Waals surface area contributed by atoms with E-state index in [0.717, 1.165) is 0 Å². The van der Waals surface area contributed by atoms with Gasteiger partial charge in [-0.15, -0.1) is 0 Å². The number of hydrogen-bond donors (Lipinski definition) is 1. The highest BCUT2D eigenvalue weighted by Crippen LogP contribution is 2.16.